The largest absolute Gasteiger partial charge is 0.507 e. The lowest BCUT2D eigenvalue weighted by molar-refractivity contribution is 0.101. The van der Waals surface area contributed by atoms with Crippen molar-refractivity contribution in [1.29, 1.82) is 0 Å². The van der Waals surface area contributed by atoms with Crippen LogP contribution in [0.4, 0.5) is 0 Å². The van der Waals surface area contributed by atoms with Crippen LogP contribution in [-0.4, -0.2) is 70.5 Å². The second-order valence-electron chi connectivity index (χ2n) is 7.71. The van der Waals surface area contributed by atoms with Crippen LogP contribution in [-0.2, 0) is 16.0 Å². The Bertz CT molecular complexity index is 1020. The number of aryl methyl sites for hydroxylation is 1. The maximum absolute atomic E-state index is 13.2. The third-order valence-corrected chi connectivity index (χ3v) is 5.53. The van der Waals surface area contributed by atoms with Crippen molar-refractivity contribution in [1.82, 2.24) is 4.90 Å². The number of fused-ring (bicyclic) bond motifs is 1. The number of methoxy groups -OCH3 is 4. The van der Waals surface area contributed by atoms with E-state index in [1.54, 1.807) is 59.6 Å². The van der Waals surface area contributed by atoms with Gasteiger partial charge >= 0.3 is 0 Å². The van der Waals surface area contributed by atoms with E-state index in [9.17, 15) is 9.90 Å². The molecule has 0 aromatic heterocycles. The molecule has 0 fully saturated rings. The molecule has 0 unspecified atom stereocenters. The van der Waals surface area contributed by atoms with E-state index in [0.717, 1.165) is 5.56 Å². The van der Waals surface area contributed by atoms with Crippen LogP contribution < -0.4 is 14.2 Å². The summed E-state index contributed by atoms with van der Waals surface area (Å²) in [5.41, 5.74) is 2.42. The minimum absolute atomic E-state index is 0.0891. The molecule has 3 rings (SSSR count). The lowest BCUT2D eigenvalue weighted by Gasteiger charge is -2.23. The molecule has 2 aromatic rings. The van der Waals surface area contributed by atoms with Gasteiger partial charge in [0, 0.05) is 33.9 Å². The average Bonchev–Trinajstić information content (AvgIpc) is 3.13. The van der Waals surface area contributed by atoms with E-state index >= 15 is 0 Å². The number of Topliss-reactive ketones (excluding diaryl/α,β-unsaturated/α-hetero) is 1. The highest BCUT2D eigenvalue weighted by Gasteiger charge is 2.33. The van der Waals surface area contributed by atoms with Gasteiger partial charge in [0.15, 0.2) is 17.3 Å². The van der Waals surface area contributed by atoms with Gasteiger partial charge in [-0.2, -0.15) is 0 Å². The minimum Gasteiger partial charge on any atom is -0.507 e. The Balaban J connectivity index is 1.95. The predicted octanol–water partition coefficient (Wildman–Crippen LogP) is 3.43. The van der Waals surface area contributed by atoms with Gasteiger partial charge in [-0.25, -0.2) is 0 Å². The number of hydrogen-bond donors (Lipinski definition) is 1. The van der Waals surface area contributed by atoms with Gasteiger partial charge in [-0.05, 0) is 42.3 Å². The third kappa shape index (κ3) is 5.47. The summed E-state index contributed by atoms with van der Waals surface area (Å²) >= 11 is 0. The molecule has 0 atom stereocenters. The van der Waals surface area contributed by atoms with Crippen molar-refractivity contribution in [3.8, 4) is 23.0 Å². The Labute approximate surface area is 194 Å². The number of ketones is 1. The number of rotatable bonds is 11. The summed E-state index contributed by atoms with van der Waals surface area (Å²) in [6.07, 6.45) is 1.66. The van der Waals surface area contributed by atoms with E-state index in [-0.39, 0.29) is 17.3 Å². The first-order valence-electron chi connectivity index (χ1n) is 10.6. The second kappa shape index (κ2) is 11.2. The van der Waals surface area contributed by atoms with Crippen LogP contribution in [0, 0.1) is 6.92 Å². The van der Waals surface area contributed by atoms with E-state index in [1.807, 2.05) is 6.07 Å². The number of hydrogen-bond acceptors (Lipinski definition) is 8. The molecule has 0 aliphatic carbocycles. The summed E-state index contributed by atoms with van der Waals surface area (Å²) in [6.45, 7) is 4.52. The molecule has 0 spiro atoms. The molecule has 1 aliphatic rings. The van der Waals surface area contributed by atoms with Crippen molar-refractivity contribution in [2.75, 3.05) is 54.7 Å². The fraction of sp³-hybridized carbons (Fsp3) is 0.400. The molecule has 0 saturated heterocycles. The molecule has 1 aliphatic heterocycles. The molecule has 33 heavy (non-hydrogen) atoms. The maximum atomic E-state index is 13.2. The molecule has 2 aromatic carbocycles. The van der Waals surface area contributed by atoms with E-state index in [1.165, 1.54) is 0 Å². The first kappa shape index (κ1) is 24.6. The van der Waals surface area contributed by atoms with Crippen LogP contribution in [0.25, 0.3) is 6.08 Å². The smallest absolute Gasteiger partial charge is 0.232 e. The Hall–Kier alpha value is -3.07. The molecule has 8 nitrogen and oxygen atoms in total. The SMILES string of the molecule is COCCN(CCOC)Cc1c(O)cc(C)c2c1O/C(=C/c1ccc(OC)c(OC)c1)C2=O. The molecule has 1 heterocycles. The van der Waals surface area contributed by atoms with Crippen molar-refractivity contribution in [3.05, 3.63) is 52.3 Å². The highest BCUT2D eigenvalue weighted by molar-refractivity contribution is 6.15. The lowest BCUT2D eigenvalue weighted by atomic mass is 9.99. The van der Waals surface area contributed by atoms with Crippen molar-refractivity contribution >= 4 is 11.9 Å². The summed E-state index contributed by atoms with van der Waals surface area (Å²) in [6, 6.07) is 6.97. The summed E-state index contributed by atoms with van der Waals surface area (Å²) < 4.78 is 27.1. The average molecular weight is 458 g/mol. The Kier molecular flexibility index (Phi) is 8.32. The van der Waals surface area contributed by atoms with Crippen molar-refractivity contribution in [2.45, 2.75) is 13.5 Å². The van der Waals surface area contributed by atoms with Gasteiger partial charge in [0.2, 0.25) is 5.78 Å². The van der Waals surface area contributed by atoms with Crippen molar-refractivity contribution < 1.29 is 33.6 Å². The monoisotopic (exact) mass is 457 g/mol. The highest BCUT2D eigenvalue weighted by atomic mass is 16.5. The summed E-state index contributed by atoms with van der Waals surface area (Å²) in [4.78, 5) is 15.3. The number of nitrogens with zero attached hydrogens (tertiary/aromatic N) is 1. The fourth-order valence-electron chi connectivity index (χ4n) is 3.76. The maximum Gasteiger partial charge on any atom is 0.232 e. The molecular weight excluding hydrogens is 426 g/mol. The standard InChI is InChI=1S/C25H31NO7/c1-16-12-19(27)18(15-26(8-10-29-2)9-11-30-3)25-23(16)24(28)22(33-25)14-17-6-7-20(31-4)21(13-17)32-5/h6-7,12-14,27H,8-11,15H2,1-5H3/b22-14+. The van der Waals surface area contributed by atoms with Crippen LogP contribution in [0.2, 0.25) is 0 Å². The molecule has 8 heteroatoms. The van der Waals surface area contributed by atoms with Crippen LogP contribution in [0.15, 0.2) is 30.0 Å². The van der Waals surface area contributed by atoms with Crippen LogP contribution in [0.5, 0.6) is 23.0 Å². The first-order valence-corrected chi connectivity index (χ1v) is 10.6. The Morgan fingerprint density at radius 2 is 1.67 bits per heavy atom. The topological polar surface area (TPSA) is 86.7 Å². The Morgan fingerprint density at radius 1 is 1.00 bits per heavy atom. The summed E-state index contributed by atoms with van der Waals surface area (Å²) in [5, 5.41) is 10.7. The fourth-order valence-corrected chi connectivity index (χ4v) is 3.76. The predicted molar refractivity (Wildman–Crippen MR) is 124 cm³/mol. The number of phenolic OH excluding ortho intramolecular Hbond substituents is 1. The Morgan fingerprint density at radius 3 is 2.27 bits per heavy atom. The van der Waals surface area contributed by atoms with Gasteiger partial charge in [-0.1, -0.05) is 6.07 Å². The zero-order valence-electron chi connectivity index (χ0n) is 19.8. The van der Waals surface area contributed by atoms with Crippen molar-refractivity contribution in [2.24, 2.45) is 0 Å². The van der Waals surface area contributed by atoms with Gasteiger partial charge < -0.3 is 28.8 Å². The molecule has 0 bridgehead atoms. The number of carbonyl (C=O) groups excluding carboxylic acids is 1. The molecule has 178 valence electrons. The van der Waals surface area contributed by atoms with Crippen LogP contribution >= 0.6 is 0 Å². The quantitative estimate of drug-likeness (QED) is 0.514. The zero-order valence-corrected chi connectivity index (χ0v) is 19.8. The third-order valence-electron chi connectivity index (χ3n) is 5.53. The van der Waals surface area contributed by atoms with E-state index in [0.29, 0.717) is 66.8 Å². The van der Waals surface area contributed by atoms with Gasteiger partial charge in [0.05, 0.1) is 38.6 Å². The van der Waals surface area contributed by atoms with E-state index in [4.69, 9.17) is 23.7 Å². The lowest BCUT2D eigenvalue weighted by Crippen LogP contribution is -2.30. The van der Waals surface area contributed by atoms with Crippen LogP contribution in [0.1, 0.15) is 27.0 Å². The number of phenols is 1. The number of benzene rings is 2. The molecular formula is C25H31NO7. The number of ether oxygens (including phenoxy) is 5. The zero-order chi connectivity index (χ0) is 24.0. The van der Waals surface area contributed by atoms with Gasteiger partial charge in [-0.3, -0.25) is 9.69 Å². The number of allylic oxidation sites excluding steroid dienone is 1. The molecule has 0 radical (unpaired) electrons. The summed E-state index contributed by atoms with van der Waals surface area (Å²) in [5.74, 6) is 1.59. The van der Waals surface area contributed by atoms with E-state index in [2.05, 4.69) is 4.90 Å². The van der Waals surface area contributed by atoms with Gasteiger partial charge in [-0.15, -0.1) is 0 Å². The van der Waals surface area contributed by atoms with E-state index < -0.39 is 0 Å². The minimum atomic E-state index is -0.223. The number of aromatic hydroxyl groups is 1. The summed E-state index contributed by atoms with van der Waals surface area (Å²) in [7, 11) is 6.40. The highest BCUT2D eigenvalue weighted by Crippen LogP contribution is 2.42. The van der Waals surface area contributed by atoms with Gasteiger partial charge in [0.25, 0.3) is 0 Å². The van der Waals surface area contributed by atoms with Crippen molar-refractivity contribution in [3.63, 3.8) is 0 Å². The second-order valence-corrected chi connectivity index (χ2v) is 7.71. The molecule has 0 saturated carbocycles. The first-order chi connectivity index (χ1) is 15.9. The number of carbonyl (C=O) groups is 1. The van der Waals surface area contributed by atoms with Crippen LogP contribution in [0.3, 0.4) is 0 Å². The molecule has 0 amide bonds. The molecule has 1 N–H and O–H groups in total. The van der Waals surface area contributed by atoms with Gasteiger partial charge in [0.1, 0.15) is 11.5 Å². The normalized spacial score (nSPS) is 14.0.